The molecule has 0 saturated carbocycles. The maximum absolute atomic E-state index is 12.7. The lowest BCUT2D eigenvalue weighted by Crippen LogP contribution is -2.41. The molecule has 1 fully saturated rings. The summed E-state index contributed by atoms with van der Waals surface area (Å²) in [7, 11) is 3.13. The van der Waals surface area contributed by atoms with Crippen molar-refractivity contribution >= 4 is 12.0 Å². The van der Waals surface area contributed by atoms with Crippen molar-refractivity contribution in [1.29, 1.82) is 0 Å². The zero-order valence-electron chi connectivity index (χ0n) is 18.2. The van der Waals surface area contributed by atoms with E-state index in [0.717, 1.165) is 32.5 Å². The van der Waals surface area contributed by atoms with Crippen LogP contribution in [0.25, 0.3) is 6.08 Å². The lowest BCUT2D eigenvalue weighted by molar-refractivity contribution is 0.0930. The SMILES string of the molecule is COc1cccc(C(=O)NCC2CCCN(CC(C)=Cc3ccccc3)C2)c1OC. The summed E-state index contributed by atoms with van der Waals surface area (Å²) >= 11 is 0. The molecule has 1 heterocycles. The fourth-order valence-corrected chi connectivity index (χ4v) is 4.09. The summed E-state index contributed by atoms with van der Waals surface area (Å²) in [5.41, 5.74) is 3.10. The number of carbonyl (C=O) groups excluding carboxylic acids is 1. The molecule has 1 aliphatic heterocycles. The summed E-state index contributed by atoms with van der Waals surface area (Å²) in [6, 6.07) is 15.8. The van der Waals surface area contributed by atoms with Crippen LogP contribution in [-0.2, 0) is 0 Å². The second-order valence-electron chi connectivity index (χ2n) is 7.90. The molecular formula is C25H32N2O3. The fraction of sp³-hybridized carbons (Fsp3) is 0.400. The second kappa shape index (κ2) is 10.8. The Kier molecular flexibility index (Phi) is 7.91. The van der Waals surface area contributed by atoms with Crippen LogP contribution in [0, 0.1) is 5.92 Å². The Morgan fingerprint density at radius 2 is 1.93 bits per heavy atom. The van der Waals surface area contributed by atoms with Crippen molar-refractivity contribution in [2.45, 2.75) is 19.8 Å². The topological polar surface area (TPSA) is 50.8 Å². The van der Waals surface area contributed by atoms with Gasteiger partial charge in [-0.1, -0.05) is 48.0 Å². The molecule has 1 aliphatic rings. The quantitative estimate of drug-likeness (QED) is 0.710. The Morgan fingerprint density at radius 1 is 1.13 bits per heavy atom. The standard InChI is InChI=1S/C25H32N2O3/c1-19(15-20-9-5-4-6-10-20)17-27-14-8-11-21(18-27)16-26-25(28)22-12-7-13-23(29-2)24(22)30-3/h4-7,9-10,12-13,15,21H,8,11,14,16-18H2,1-3H3,(H,26,28). The molecule has 1 N–H and O–H groups in total. The second-order valence-corrected chi connectivity index (χ2v) is 7.90. The first-order valence-electron chi connectivity index (χ1n) is 10.5. The first-order chi connectivity index (χ1) is 14.6. The van der Waals surface area contributed by atoms with Crippen LogP contribution in [0.2, 0.25) is 0 Å². The number of nitrogens with zero attached hydrogens (tertiary/aromatic N) is 1. The summed E-state index contributed by atoms with van der Waals surface area (Å²) in [5.74, 6) is 1.37. The molecule has 5 heteroatoms. The molecule has 3 rings (SSSR count). The number of likely N-dealkylation sites (tertiary alicyclic amines) is 1. The monoisotopic (exact) mass is 408 g/mol. The molecule has 0 radical (unpaired) electrons. The third-order valence-electron chi connectivity index (χ3n) is 5.49. The van der Waals surface area contributed by atoms with Gasteiger partial charge in [0, 0.05) is 19.6 Å². The van der Waals surface area contributed by atoms with E-state index in [4.69, 9.17) is 9.47 Å². The number of piperidine rings is 1. The van der Waals surface area contributed by atoms with E-state index >= 15 is 0 Å². The van der Waals surface area contributed by atoms with Crippen LogP contribution in [0.1, 0.15) is 35.7 Å². The average molecular weight is 409 g/mol. The molecule has 0 spiro atoms. The van der Waals surface area contributed by atoms with E-state index in [1.165, 1.54) is 11.1 Å². The summed E-state index contributed by atoms with van der Waals surface area (Å²) < 4.78 is 10.7. The van der Waals surface area contributed by atoms with E-state index in [1.54, 1.807) is 32.4 Å². The highest BCUT2D eigenvalue weighted by atomic mass is 16.5. The van der Waals surface area contributed by atoms with Crippen LogP contribution in [0.5, 0.6) is 11.5 Å². The third-order valence-corrected chi connectivity index (χ3v) is 5.49. The largest absolute Gasteiger partial charge is 0.493 e. The highest BCUT2D eigenvalue weighted by Gasteiger charge is 2.22. The van der Waals surface area contributed by atoms with Gasteiger partial charge in [0.15, 0.2) is 11.5 Å². The summed E-state index contributed by atoms with van der Waals surface area (Å²) in [6.07, 6.45) is 4.54. The van der Waals surface area contributed by atoms with Crippen molar-refractivity contribution in [3.63, 3.8) is 0 Å². The van der Waals surface area contributed by atoms with E-state index in [-0.39, 0.29) is 5.91 Å². The van der Waals surface area contributed by atoms with Gasteiger partial charge in [0.2, 0.25) is 0 Å². The number of carbonyl (C=O) groups is 1. The molecule has 0 aromatic heterocycles. The summed E-state index contributed by atoms with van der Waals surface area (Å²) in [4.78, 5) is 15.2. The number of nitrogens with one attached hydrogen (secondary N) is 1. The predicted molar refractivity (Wildman–Crippen MR) is 121 cm³/mol. The van der Waals surface area contributed by atoms with Crippen molar-refractivity contribution in [3.05, 3.63) is 65.2 Å². The first kappa shape index (κ1) is 21.9. The molecule has 1 amide bonds. The van der Waals surface area contributed by atoms with Gasteiger partial charge in [-0.05, 0) is 49.9 Å². The zero-order valence-corrected chi connectivity index (χ0v) is 18.2. The van der Waals surface area contributed by atoms with Crippen molar-refractivity contribution in [1.82, 2.24) is 10.2 Å². The molecule has 1 saturated heterocycles. The molecule has 2 aromatic rings. The van der Waals surface area contributed by atoms with E-state index in [0.29, 0.717) is 29.5 Å². The van der Waals surface area contributed by atoms with Crippen LogP contribution in [0.3, 0.4) is 0 Å². The van der Waals surface area contributed by atoms with Crippen LogP contribution in [0.15, 0.2) is 54.1 Å². The molecule has 0 aliphatic carbocycles. The number of rotatable bonds is 8. The Morgan fingerprint density at radius 3 is 2.67 bits per heavy atom. The molecular weight excluding hydrogens is 376 g/mol. The fourth-order valence-electron chi connectivity index (χ4n) is 4.09. The van der Waals surface area contributed by atoms with Gasteiger partial charge in [-0.3, -0.25) is 9.69 Å². The Labute approximate surface area is 179 Å². The number of benzene rings is 2. The van der Waals surface area contributed by atoms with Gasteiger partial charge >= 0.3 is 0 Å². The minimum Gasteiger partial charge on any atom is -0.493 e. The number of para-hydroxylation sites is 1. The third kappa shape index (κ3) is 5.86. The van der Waals surface area contributed by atoms with Gasteiger partial charge in [-0.15, -0.1) is 0 Å². The summed E-state index contributed by atoms with van der Waals surface area (Å²) in [5, 5.41) is 3.09. The average Bonchev–Trinajstić information content (AvgIpc) is 2.77. The van der Waals surface area contributed by atoms with Crippen molar-refractivity contribution in [3.8, 4) is 11.5 Å². The molecule has 160 valence electrons. The van der Waals surface area contributed by atoms with Gasteiger partial charge < -0.3 is 14.8 Å². The highest BCUT2D eigenvalue weighted by Crippen LogP contribution is 2.30. The van der Waals surface area contributed by atoms with E-state index < -0.39 is 0 Å². The van der Waals surface area contributed by atoms with Crippen molar-refractivity contribution in [2.75, 3.05) is 40.4 Å². The Bertz CT molecular complexity index is 864. The van der Waals surface area contributed by atoms with Crippen LogP contribution in [0.4, 0.5) is 0 Å². The van der Waals surface area contributed by atoms with E-state index in [1.807, 2.05) is 6.07 Å². The maximum atomic E-state index is 12.7. The van der Waals surface area contributed by atoms with Gasteiger partial charge in [-0.2, -0.15) is 0 Å². The van der Waals surface area contributed by atoms with Gasteiger partial charge in [0.05, 0.1) is 19.8 Å². The van der Waals surface area contributed by atoms with Crippen molar-refractivity contribution in [2.24, 2.45) is 5.92 Å². The molecule has 1 atom stereocenters. The molecule has 5 nitrogen and oxygen atoms in total. The number of methoxy groups -OCH3 is 2. The first-order valence-corrected chi connectivity index (χ1v) is 10.5. The number of hydrogen-bond donors (Lipinski definition) is 1. The van der Waals surface area contributed by atoms with E-state index in [2.05, 4.69) is 47.5 Å². The minimum absolute atomic E-state index is 0.122. The lowest BCUT2D eigenvalue weighted by Gasteiger charge is -2.33. The Balaban J connectivity index is 1.54. The van der Waals surface area contributed by atoms with Gasteiger partial charge in [0.25, 0.3) is 5.91 Å². The van der Waals surface area contributed by atoms with E-state index in [9.17, 15) is 4.79 Å². The Hall–Kier alpha value is -2.79. The van der Waals surface area contributed by atoms with Crippen LogP contribution in [-0.4, -0.2) is 51.2 Å². The lowest BCUT2D eigenvalue weighted by atomic mass is 9.97. The number of amides is 1. The smallest absolute Gasteiger partial charge is 0.255 e. The summed E-state index contributed by atoms with van der Waals surface area (Å²) in [6.45, 7) is 5.91. The molecule has 2 aromatic carbocycles. The maximum Gasteiger partial charge on any atom is 0.255 e. The van der Waals surface area contributed by atoms with Crippen LogP contribution >= 0.6 is 0 Å². The number of hydrogen-bond acceptors (Lipinski definition) is 4. The highest BCUT2D eigenvalue weighted by molar-refractivity contribution is 5.97. The van der Waals surface area contributed by atoms with Crippen LogP contribution < -0.4 is 14.8 Å². The minimum atomic E-state index is -0.122. The van der Waals surface area contributed by atoms with Gasteiger partial charge in [0.1, 0.15) is 0 Å². The van der Waals surface area contributed by atoms with Crippen molar-refractivity contribution < 1.29 is 14.3 Å². The molecule has 30 heavy (non-hydrogen) atoms. The predicted octanol–water partition coefficient (Wildman–Crippen LogP) is 4.25. The number of ether oxygens (including phenoxy) is 2. The molecule has 0 bridgehead atoms. The molecule has 1 unspecified atom stereocenters. The zero-order chi connectivity index (χ0) is 21.3. The normalized spacial score (nSPS) is 17.4. The van der Waals surface area contributed by atoms with Gasteiger partial charge in [-0.25, -0.2) is 0 Å².